The molecule has 1 N–H and O–H groups in total. The molecular formula is C15H12BrN3O2. The molecule has 0 bridgehead atoms. The summed E-state index contributed by atoms with van der Waals surface area (Å²) in [4.78, 5) is 0. The van der Waals surface area contributed by atoms with Crippen LogP contribution in [0.25, 0.3) is 11.5 Å². The maximum atomic E-state index is 5.61. The lowest BCUT2D eigenvalue weighted by atomic mass is 10.2. The van der Waals surface area contributed by atoms with Crippen LogP contribution in [-0.4, -0.2) is 17.3 Å². The minimum atomic E-state index is 0.317. The van der Waals surface area contributed by atoms with Crippen molar-refractivity contribution in [1.82, 2.24) is 10.2 Å². The predicted molar refractivity (Wildman–Crippen MR) is 83.7 cm³/mol. The van der Waals surface area contributed by atoms with Gasteiger partial charge >= 0.3 is 6.01 Å². The van der Waals surface area contributed by atoms with Crippen molar-refractivity contribution < 1.29 is 9.15 Å². The second-order valence-electron chi connectivity index (χ2n) is 4.24. The second-order valence-corrected chi connectivity index (χ2v) is 5.16. The first-order valence-electron chi connectivity index (χ1n) is 6.26. The van der Waals surface area contributed by atoms with E-state index in [2.05, 4.69) is 31.4 Å². The summed E-state index contributed by atoms with van der Waals surface area (Å²) in [5.74, 6) is 1.17. The van der Waals surface area contributed by atoms with Crippen LogP contribution in [0.5, 0.6) is 5.75 Å². The highest BCUT2D eigenvalue weighted by Gasteiger charge is 2.10. The first kappa shape index (κ1) is 13.6. The first-order valence-corrected chi connectivity index (χ1v) is 7.05. The zero-order chi connectivity index (χ0) is 14.7. The number of nitrogens with zero attached hydrogens (tertiary/aromatic N) is 2. The highest BCUT2D eigenvalue weighted by molar-refractivity contribution is 9.10. The van der Waals surface area contributed by atoms with E-state index in [-0.39, 0.29) is 0 Å². The Kier molecular flexibility index (Phi) is 3.87. The van der Waals surface area contributed by atoms with Crippen LogP contribution in [0, 0.1) is 0 Å². The Morgan fingerprint density at radius 1 is 1.05 bits per heavy atom. The fraction of sp³-hybridized carbons (Fsp3) is 0.0667. The van der Waals surface area contributed by atoms with Crippen molar-refractivity contribution in [2.75, 3.05) is 12.4 Å². The molecule has 5 nitrogen and oxygen atoms in total. The highest BCUT2D eigenvalue weighted by Crippen LogP contribution is 2.28. The number of para-hydroxylation sites is 2. The molecule has 0 aliphatic carbocycles. The summed E-state index contributed by atoms with van der Waals surface area (Å²) in [6.07, 6.45) is 0. The maximum Gasteiger partial charge on any atom is 0.320 e. The fourth-order valence-corrected chi connectivity index (χ4v) is 2.11. The lowest BCUT2D eigenvalue weighted by Crippen LogP contribution is -1.94. The Morgan fingerprint density at radius 2 is 1.81 bits per heavy atom. The van der Waals surface area contributed by atoms with Gasteiger partial charge < -0.3 is 14.5 Å². The fourth-order valence-electron chi connectivity index (χ4n) is 1.85. The minimum Gasteiger partial charge on any atom is -0.495 e. The van der Waals surface area contributed by atoms with Gasteiger partial charge in [0.25, 0.3) is 0 Å². The van der Waals surface area contributed by atoms with Crippen LogP contribution in [0.2, 0.25) is 0 Å². The average molecular weight is 346 g/mol. The van der Waals surface area contributed by atoms with E-state index in [1.165, 1.54) is 0 Å². The van der Waals surface area contributed by atoms with Gasteiger partial charge in [0.15, 0.2) is 0 Å². The molecule has 3 rings (SSSR count). The molecule has 0 spiro atoms. The Labute approximate surface area is 130 Å². The monoisotopic (exact) mass is 345 g/mol. The van der Waals surface area contributed by atoms with Gasteiger partial charge in [-0.1, -0.05) is 33.2 Å². The number of halogens is 1. The third-order valence-corrected chi connectivity index (χ3v) is 3.39. The molecule has 0 radical (unpaired) electrons. The van der Waals surface area contributed by atoms with Gasteiger partial charge in [0, 0.05) is 10.0 Å². The third-order valence-electron chi connectivity index (χ3n) is 2.86. The Balaban J connectivity index is 1.83. The number of aromatic nitrogens is 2. The summed E-state index contributed by atoms with van der Waals surface area (Å²) in [5.41, 5.74) is 1.63. The van der Waals surface area contributed by atoms with Gasteiger partial charge in [0.05, 0.1) is 12.8 Å². The molecule has 0 amide bonds. The van der Waals surface area contributed by atoms with Crippen molar-refractivity contribution >= 4 is 27.6 Å². The molecule has 0 aliphatic rings. The number of ether oxygens (including phenoxy) is 1. The van der Waals surface area contributed by atoms with Crippen molar-refractivity contribution in [1.29, 1.82) is 0 Å². The van der Waals surface area contributed by atoms with Gasteiger partial charge in [-0.25, -0.2) is 0 Å². The summed E-state index contributed by atoms with van der Waals surface area (Å²) >= 11 is 3.39. The molecule has 0 unspecified atom stereocenters. The molecule has 6 heteroatoms. The predicted octanol–water partition coefficient (Wildman–Crippen LogP) is 4.25. The van der Waals surface area contributed by atoms with Crippen LogP contribution in [0.1, 0.15) is 0 Å². The third kappa shape index (κ3) is 3.05. The van der Waals surface area contributed by atoms with Crippen molar-refractivity contribution in [3.8, 4) is 17.2 Å². The molecule has 0 saturated carbocycles. The molecule has 0 aliphatic heterocycles. The zero-order valence-corrected chi connectivity index (χ0v) is 12.8. The van der Waals surface area contributed by atoms with Crippen molar-refractivity contribution in [3.63, 3.8) is 0 Å². The number of rotatable bonds is 4. The molecule has 21 heavy (non-hydrogen) atoms. The van der Waals surface area contributed by atoms with Crippen LogP contribution in [0.3, 0.4) is 0 Å². The zero-order valence-electron chi connectivity index (χ0n) is 11.2. The molecule has 1 aromatic heterocycles. The van der Waals surface area contributed by atoms with Gasteiger partial charge in [0.1, 0.15) is 5.75 Å². The number of hydrogen-bond donors (Lipinski definition) is 1. The topological polar surface area (TPSA) is 60.2 Å². The minimum absolute atomic E-state index is 0.317. The first-order chi connectivity index (χ1) is 10.3. The maximum absolute atomic E-state index is 5.61. The van der Waals surface area contributed by atoms with E-state index in [9.17, 15) is 0 Å². The standard InChI is InChI=1S/C15H12BrN3O2/c1-20-13-5-3-2-4-12(13)17-15-19-18-14(21-15)10-6-8-11(16)9-7-10/h2-9H,1H3,(H,17,19). The number of hydrogen-bond acceptors (Lipinski definition) is 5. The Bertz CT molecular complexity index is 741. The molecule has 1 heterocycles. The van der Waals surface area contributed by atoms with Crippen LogP contribution in [0.4, 0.5) is 11.7 Å². The van der Waals surface area contributed by atoms with Gasteiger partial charge in [-0.05, 0) is 36.4 Å². The van der Waals surface area contributed by atoms with Crippen LogP contribution >= 0.6 is 15.9 Å². The summed E-state index contributed by atoms with van der Waals surface area (Å²) in [6, 6.07) is 15.5. The SMILES string of the molecule is COc1ccccc1Nc1nnc(-c2ccc(Br)cc2)o1. The van der Waals surface area contributed by atoms with E-state index in [1.807, 2.05) is 48.5 Å². The van der Waals surface area contributed by atoms with Crippen LogP contribution < -0.4 is 10.1 Å². The molecule has 0 fully saturated rings. The summed E-state index contributed by atoms with van der Waals surface area (Å²) in [5, 5.41) is 11.1. The van der Waals surface area contributed by atoms with Gasteiger partial charge in [-0.3, -0.25) is 0 Å². The quantitative estimate of drug-likeness (QED) is 0.765. The van der Waals surface area contributed by atoms with E-state index in [4.69, 9.17) is 9.15 Å². The van der Waals surface area contributed by atoms with E-state index >= 15 is 0 Å². The molecule has 0 atom stereocenters. The average Bonchev–Trinajstić information content (AvgIpc) is 2.97. The highest BCUT2D eigenvalue weighted by atomic mass is 79.9. The lowest BCUT2D eigenvalue weighted by Gasteiger charge is -2.06. The Morgan fingerprint density at radius 3 is 2.57 bits per heavy atom. The smallest absolute Gasteiger partial charge is 0.320 e. The molecule has 3 aromatic rings. The van der Waals surface area contributed by atoms with E-state index in [1.54, 1.807) is 7.11 Å². The summed E-state index contributed by atoms with van der Waals surface area (Å²) < 4.78 is 11.9. The van der Waals surface area contributed by atoms with Crippen LogP contribution in [0.15, 0.2) is 57.4 Å². The van der Waals surface area contributed by atoms with E-state index < -0.39 is 0 Å². The van der Waals surface area contributed by atoms with Gasteiger partial charge in [-0.2, -0.15) is 0 Å². The molecule has 106 valence electrons. The van der Waals surface area contributed by atoms with Gasteiger partial charge in [0.2, 0.25) is 5.89 Å². The summed E-state index contributed by atoms with van der Waals surface area (Å²) in [6.45, 7) is 0. The lowest BCUT2D eigenvalue weighted by molar-refractivity contribution is 0.416. The summed E-state index contributed by atoms with van der Waals surface area (Å²) in [7, 11) is 1.61. The van der Waals surface area contributed by atoms with Crippen LogP contribution in [-0.2, 0) is 0 Å². The largest absolute Gasteiger partial charge is 0.495 e. The van der Waals surface area contributed by atoms with Crippen molar-refractivity contribution in [2.24, 2.45) is 0 Å². The second kappa shape index (κ2) is 5.97. The van der Waals surface area contributed by atoms with E-state index in [0.29, 0.717) is 17.7 Å². The number of nitrogens with one attached hydrogen (secondary N) is 1. The number of anilines is 2. The number of benzene rings is 2. The van der Waals surface area contributed by atoms with Gasteiger partial charge in [-0.15, -0.1) is 5.10 Å². The molecule has 2 aromatic carbocycles. The van der Waals surface area contributed by atoms with Crippen molar-refractivity contribution in [3.05, 3.63) is 53.0 Å². The Hall–Kier alpha value is -2.34. The molecular weight excluding hydrogens is 334 g/mol. The normalized spacial score (nSPS) is 10.4. The van der Waals surface area contributed by atoms with Crippen molar-refractivity contribution in [2.45, 2.75) is 0 Å². The van der Waals surface area contributed by atoms with E-state index in [0.717, 1.165) is 15.7 Å². The number of methoxy groups -OCH3 is 1. The molecule has 0 saturated heterocycles.